The smallest absolute Gasteiger partial charge is 0.0751 e. The SMILES string of the molecule is CCC(CC)(CC)C(=O)[O-].CC[N+](C)(C)C. The summed E-state index contributed by atoms with van der Waals surface area (Å²) in [6, 6.07) is 0. The minimum atomic E-state index is -0.903. The molecule has 0 rings (SSSR count). The zero-order valence-corrected chi connectivity index (χ0v) is 12.1. The first-order chi connectivity index (χ1) is 7.19. The van der Waals surface area contributed by atoms with Crippen LogP contribution in [0.2, 0.25) is 0 Å². The molecule has 98 valence electrons. The number of aliphatic carboxylic acids is 1. The lowest BCUT2D eigenvalue weighted by Gasteiger charge is -2.31. The normalized spacial score (nSPS) is 11.7. The summed E-state index contributed by atoms with van der Waals surface area (Å²) in [5.74, 6) is -0.903. The third-order valence-electron chi connectivity index (χ3n) is 3.41. The van der Waals surface area contributed by atoms with Crippen molar-refractivity contribution in [1.29, 1.82) is 0 Å². The molecule has 3 nitrogen and oxygen atoms in total. The Bertz CT molecular complexity index is 182. The van der Waals surface area contributed by atoms with Gasteiger partial charge in [-0.25, -0.2) is 0 Å². The quantitative estimate of drug-likeness (QED) is 0.675. The highest BCUT2D eigenvalue weighted by Crippen LogP contribution is 2.28. The molecule has 0 atom stereocenters. The summed E-state index contributed by atoms with van der Waals surface area (Å²) in [5, 5.41) is 10.6. The average molecular weight is 231 g/mol. The van der Waals surface area contributed by atoms with Crippen LogP contribution in [0.5, 0.6) is 0 Å². The maximum Gasteiger partial charge on any atom is 0.0751 e. The topological polar surface area (TPSA) is 40.1 Å². The summed E-state index contributed by atoms with van der Waals surface area (Å²) in [5.41, 5.74) is -0.569. The average Bonchev–Trinajstić information content (AvgIpc) is 2.21. The van der Waals surface area contributed by atoms with Gasteiger partial charge < -0.3 is 14.4 Å². The first-order valence-electron chi connectivity index (χ1n) is 6.21. The van der Waals surface area contributed by atoms with Crippen LogP contribution in [0.4, 0.5) is 0 Å². The van der Waals surface area contributed by atoms with Gasteiger partial charge >= 0.3 is 0 Å². The summed E-state index contributed by atoms with van der Waals surface area (Å²) in [6.07, 6.45) is 2.01. The standard InChI is InChI=1S/C8H16O2.C5H14N/c1-4-8(5-2,6-3)7(9)10;1-5-6(2,3)4/h4-6H2,1-3H3,(H,9,10);5H2,1-4H3/q;+1/p-1. The van der Waals surface area contributed by atoms with Crippen molar-refractivity contribution in [3.8, 4) is 0 Å². The van der Waals surface area contributed by atoms with Crippen LogP contribution in [0, 0.1) is 5.41 Å². The zero-order valence-electron chi connectivity index (χ0n) is 12.1. The van der Waals surface area contributed by atoms with Crippen molar-refractivity contribution in [2.75, 3.05) is 27.7 Å². The Morgan fingerprint density at radius 3 is 1.25 bits per heavy atom. The van der Waals surface area contributed by atoms with Crippen LogP contribution < -0.4 is 5.11 Å². The van der Waals surface area contributed by atoms with E-state index in [4.69, 9.17) is 0 Å². The number of hydrogen-bond acceptors (Lipinski definition) is 2. The van der Waals surface area contributed by atoms with Crippen molar-refractivity contribution in [1.82, 2.24) is 0 Å². The van der Waals surface area contributed by atoms with E-state index >= 15 is 0 Å². The third kappa shape index (κ3) is 6.83. The maximum atomic E-state index is 10.6. The van der Waals surface area contributed by atoms with Crippen molar-refractivity contribution >= 4 is 5.97 Å². The number of carboxylic acids is 1. The Morgan fingerprint density at radius 1 is 1.00 bits per heavy atom. The molecule has 0 spiro atoms. The summed E-state index contributed by atoms with van der Waals surface area (Å²) in [7, 11) is 6.54. The Morgan fingerprint density at radius 2 is 1.25 bits per heavy atom. The molecule has 0 aliphatic carbocycles. The van der Waals surface area contributed by atoms with Gasteiger partial charge in [-0.05, 0) is 26.2 Å². The third-order valence-corrected chi connectivity index (χ3v) is 3.41. The summed E-state index contributed by atoms with van der Waals surface area (Å²) >= 11 is 0. The van der Waals surface area contributed by atoms with Gasteiger partial charge in [0.05, 0.1) is 27.7 Å². The summed E-state index contributed by atoms with van der Waals surface area (Å²) in [4.78, 5) is 10.6. The minimum Gasteiger partial charge on any atom is -0.550 e. The van der Waals surface area contributed by atoms with Gasteiger partial charge in [0, 0.05) is 11.4 Å². The number of carbonyl (C=O) groups excluding carboxylic acids is 1. The largest absolute Gasteiger partial charge is 0.550 e. The molecule has 0 fully saturated rings. The number of nitrogens with zero attached hydrogens (tertiary/aromatic N) is 1. The fourth-order valence-corrected chi connectivity index (χ4v) is 1.18. The second-order valence-electron chi connectivity index (χ2n) is 5.23. The van der Waals surface area contributed by atoms with E-state index in [1.54, 1.807) is 0 Å². The molecule has 0 amide bonds. The van der Waals surface area contributed by atoms with Crippen molar-refractivity contribution in [3.63, 3.8) is 0 Å². The van der Waals surface area contributed by atoms with Crippen molar-refractivity contribution < 1.29 is 14.4 Å². The molecule has 0 aromatic carbocycles. The molecule has 0 saturated heterocycles. The second kappa shape index (κ2) is 7.66. The van der Waals surface area contributed by atoms with Crippen molar-refractivity contribution in [2.45, 2.75) is 47.0 Å². The lowest BCUT2D eigenvalue weighted by atomic mass is 9.80. The second-order valence-corrected chi connectivity index (χ2v) is 5.23. The predicted octanol–water partition coefficient (Wildman–Crippen LogP) is 1.67. The molecule has 0 N–H and O–H groups in total. The van der Waals surface area contributed by atoms with E-state index in [0.717, 1.165) is 4.48 Å². The Hall–Kier alpha value is -0.570. The molecule has 0 unspecified atom stereocenters. The van der Waals surface area contributed by atoms with Crippen molar-refractivity contribution in [3.05, 3.63) is 0 Å². The van der Waals surface area contributed by atoms with Gasteiger partial charge in [-0.15, -0.1) is 0 Å². The molecule has 0 aromatic rings. The highest BCUT2D eigenvalue weighted by molar-refractivity contribution is 5.72. The first kappa shape index (κ1) is 17.8. The van der Waals surface area contributed by atoms with Crippen LogP contribution in [0.15, 0.2) is 0 Å². The number of rotatable bonds is 5. The Kier molecular flexibility index (Phi) is 8.53. The minimum absolute atomic E-state index is 0.569. The molecular formula is C13H29NO2. The molecule has 0 radical (unpaired) electrons. The Labute approximate surface area is 101 Å². The molecule has 0 aromatic heterocycles. The van der Waals surface area contributed by atoms with Gasteiger partial charge in [0.1, 0.15) is 0 Å². The number of hydrogen-bond donors (Lipinski definition) is 0. The molecule has 0 aliphatic rings. The van der Waals surface area contributed by atoms with Crippen molar-refractivity contribution in [2.24, 2.45) is 5.41 Å². The lowest BCUT2D eigenvalue weighted by Crippen LogP contribution is -2.41. The molecule has 0 saturated carbocycles. The van der Waals surface area contributed by atoms with Crippen LogP contribution in [0.25, 0.3) is 0 Å². The first-order valence-corrected chi connectivity index (χ1v) is 6.21. The van der Waals surface area contributed by atoms with Crippen LogP contribution in [0.3, 0.4) is 0 Å². The molecular weight excluding hydrogens is 202 g/mol. The molecule has 0 bridgehead atoms. The van der Waals surface area contributed by atoms with E-state index in [9.17, 15) is 9.90 Å². The van der Waals surface area contributed by atoms with Crippen LogP contribution >= 0.6 is 0 Å². The number of quaternary nitrogens is 1. The van der Waals surface area contributed by atoms with Gasteiger partial charge in [-0.3, -0.25) is 0 Å². The molecule has 0 aliphatic heterocycles. The monoisotopic (exact) mass is 231 g/mol. The predicted molar refractivity (Wildman–Crippen MR) is 66.9 cm³/mol. The van der Waals surface area contributed by atoms with E-state index < -0.39 is 11.4 Å². The van der Waals surface area contributed by atoms with E-state index in [0.29, 0.717) is 19.3 Å². The summed E-state index contributed by atoms with van der Waals surface area (Å²) in [6.45, 7) is 9.06. The van der Waals surface area contributed by atoms with E-state index in [1.807, 2.05) is 20.8 Å². The van der Waals surface area contributed by atoms with Gasteiger partial charge in [0.15, 0.2) is 0 Å². The highest BCUT2D eigenvalue weighted by atomic mass is 16.4. The Balaban J connectivity index is 0. The van der Waals surface area contributed by atoms with Crippen LogP contribution in [0.1, 0.15) is 47.0 Å². The fraction of sp³-hybridized carbons (Fsp3) is 0.923. The molecule has 16 heavy (non-hydrogen) atoms. The number of carboxylic acid groups (broad SMARTS) is 1. The molecule has 3 heteroatoms. The number of carbonyl (C=O) groups is 1. The van der Waals surface area contributed by atoms with Gasteiger partial charge in [-0.2, -0.15) is 0 Å². The maximum absolute atomic E-state index is 10.6. The fourth-order valence-electron chi connectivity index (χ4n) is 1.18. The van der Waals surface area contributed by atoms with Crippen LogP contribution in [-0.4, -0.2) is 38.1 Å². The van der Waals surface area contributed by atoms with Gasteiger partial charge in [0.25, 0.3) is 0 Å². The van der Waals surface area contributed by atoms with E-state index in [2.05, 4.69) is 28.1 Å². The molecule has 0 heterocycles. The zero-order chi connectivity index (χ0) is 13.4. The lowest BCUT2D eigenvalue weighted by molar-refractivity contribution is -0.868. The summed E-state index contributed by atoms with van der Waals surface area (Å²) < 4.78 is 1.07. The van der Waals surface area contributed by atoms with E-state index in [1.165, 1.54) is 6.54 Å². The van der Waals surface area contributed by atoms with Crippen LogP contribution in [-0.2, 0) is 4.79 Å². The van der Waals surface area contributed by atoms with E-state index in [-0.39, 0.29) is 0 Å². The highest BCUT2D eigenvalue weighted by Gasteiger charge is 2.24. The van der Waals surface area contributed by atoms with Gasteiger partial charge in [-0.1, -0.05) is 20.8 Å². The van der Waals surface area contributed by atoms with Gasteiger partial charge in [0.2, 0.25) is 0 Å².